The first-order valence-corrected chi connectivity index (χ1v) is 8.26. The molecule has 0 saturated carbocycles. The second-order valence-corrected chi connectivity index (χ2v) is 8.05. The van der Waals surface area contributed by atoms with Gasteiger partial charge in [0, 0.05) is 11.3 Å². The molecule has 2 aliphatic heterocycles. The van der Waals surface area contributed by atoms with Crippen LogP contribution in [0.1, 0.15) is 24.2 Å². The zero-order valence-corrected chi connectivity index (χ0v) is 14.4. The van der Waals surface area contributed by atoms with E-state index >= 15 is 0 Å². The summed E-state index contributed by atoms with van der Waals surface area (Å²) in [5.74, 6) is 0.452. The van der Waals surface area contributed by atoms with Crippen molar-refractivity contribution in [2.24, 2.45) is 0 Å². The number of methoxy groups -OCH3 is 2. The number of hydrogen-bond donors (Lipinski definition) is 1. The Labute approximate surface area is 139 Å². The Balaban J connectivity index is 1.80. The molecule has 7 heteroatoms. The maximum Gasteiger partial charge on any atom is 0.259 e. The summed E-state index contributed by atoms with van der Waals surface area (Å²) in [4.78, 5) is 26.7. The number of ether oxygens (including phenoxy) is 2. The van der Waals surface area contributed by atoms with Crippen molar-refractivity contribution in [3.05, 3.63) is 23.8 Å². The third-order valence-corrected chi connectivity index (χ3v) is 5.61. The molecule has 0 spiro atoms. The van der Waals surface area contributed by atoms with Gasteiger partial charge in [-0.2, -0.15) is 0 Å². The Morgan fingerprint density at radius 1 is 1.30 bits per heavy atom. The predicted octanol–water partition coefficient (Wildman–Crippen LogP) is 1.50. The first kappa shape index (κ1) is 16.0. The van der Waals surface area contributed by atoms with Gasteiger partial charge in [-0.05, 0) is 26.0 Å². The number of amides is 2. The second-order valence-electron chi connectivity index (χ2n) is 6.22. The molecule has 0 aromatic heterocycles. The summed E-state index contributed by atoms with van der Waals surface area (Å²) in [5, 5.41) is 2.83. The van der Waals surface area contributed by atoms with Gasteiger partial charge in [0.15, 0.2) is 0 Å². The second kappa shape index (κ2) is 5.63. The van der Waals surface area contributed by atoms with E-state index in [-0.39, 0.29) is 21.9 Å². The maximum atomic E-state index is 12.7. The number of hydrogen-bond acceptors (Lipinski definition) is 5. The van der Waals surface area contributed by atoms with Crippen molar-refractivity contribution in [1.82, 2.24) is 10.2 Å². The molecule has 6 nitrogen and oxygen atoms in total. The lowest BCUT2D eigenvalue weighted by Gasteiger charge is -2.41. The summed E-state index contributed by atoms with van der Waals surface area (Å²) in [6.07, 6.45) is 0. The zero-order valence-electron chi connectivity index (χ0n) is 13.6. The molecule has 0 bridgehead atoms. The fraction of sp³-hybridized carbons (Fsp3) is 0.500. The van der Waals surface area contributed by atoms with E-state index in [4.69, 9.17) is 9.47 Å². The van der Waals surface area contributed by atoms with Gasteiger partial charge in [-0.1, -0.05) is 6.07 Å². The van der Waals surface area contributed by atoms with E-state index < -0.39 is 6.04 Å². The largest absolute Gasteiger partial charge is 0.496 e. The first-order chi connectivity index (χ1) is 10.9. The van der Waals surface area contributed by atoms with Crippen molar-refractivity contribution in [2.45, 2.75) is 30.0 Å². The lowest BCUT2D eigenvalue weighted by Crippen LogP contribution is -2.67. The van der Waals surface area contributed by atoms with E-state index in [9.17, 15) is 9.59 Å². The van der Waals surface area contributed by atoms with Gasteiger partial charge in [-0.25, -0.2) is 0 Å². The van der Waals surface area contributed by atoms with Gasteiger partial charge < -0.3 is 19.7 Å². The van der Waals surface area contributed by atoms with Crippen LogP contribution in [0, 0.1) is 0 Å². The minimum Gasteiger partial charge on any atom is -0.496 e. The minimum atomic E-state index is -0.496. The molecule has 2 aliphatic rings. The fourth-order valence-corrected chi connectivity index (χ4v) is 4.51. The van der Waals surface area contributed by atoms with Gasteiger partial charge in [0.2, 0.25) is 5.91 Å². The van der Waals surface area contributed by atoms with Crippen LogP contribution in [0.5, 0.6) is 11.5 Å². The molecule has 2 heterocycles. The van der Waals surface area contributed by atoms with Crippen molar-refractivity contribution in [2.75, 3.05) is 20.8 Å². The van der Waals surface area contributed by atoms with Crippen molar-refractivity contribution >= 4 is 23.6 Å². The average molecular weight is 336 g/mol. The maximum absolute atomic E-state index is 12.7. The molecule has 1 aromatic rings. The van der Waals surface area contributed by atoms with E-state index in [2.05, 4.69) is 19.2 Å². The minimum absolute atomic E-state index is 0.00199. The van der Waals surface area contributed by atoms with Crippen LogP contribution in [0.25, 0.3) is 0 Å². The quantitative estimate of drug-likeness (QED) is 0.844. The molecule has 124 valence electrons. The number of nitrogens with zero attached hydrogens (tertiary/aromatic N) is 1. The average Bonchev–Trinajstić information content (AvgIpc) is 2.83. The number of carbonyl (C=O) groups is 2. The van der Waals surface area contributed by atoms with Crippen LogP contribution in [0.15, 0.2) is 18.2 Å². The van der Waals surface area contributed by atoms with Crippen LogP contribution < -0.4 is 14.8 Å². The third-order valence-electron chi connectivity index (χ3n) is 4.07. The summed E-state index contributed by atoms with van der Waals surface area (Å²) in [6.45, 7) is 4.92. The highest BCUT2D eigenvalue weighted by atomic mass is 32.2. The lowest BCUT2D eigenvalue weighted by molar-refractivity contribution is -0.144. The highest BCUT2D eigenvalue weighted by Gasteiger charge is 2.56. The van der Waals surface area contributed by atoms with Gasteiger partial charge in [0.05, 0.1) is 14.2 Å². The number of β-lactam (4-membered cyclic amide) rings is 1. The molecule has 2 amide bonds. The number of carbonyl (C=O) groups excluding carboxylic acids is 2. The van der Waals surface area contributed by atoms with Crippen LogP contribution >= 0.6 is 11.8 Å². The first-order valence-electron chi connectivity index (χ1n) is 7.38. The summed E-state index contributed by atoms with van der Waals surface area (Å²) in [6, 6.07) is 4.64. The van der Waals surface area contributed by atoms with Crippen molar-refractivity contribution < 1.29 is 19.1 Å². The highest BCUT2D eigenvalue weighted by Crippen LogP contribution is 2.46. The monoisotopic (exact) mass is 336 g/mol. The molecule has 3 rings (SSSR count). The van der Waals surface area contributed by atoms with Gasteiger partial charge in [0.1, 0.15) is 28.5 Å². The number of nitrogens with one attached hydrogen (secondary N) is 1. The normalized spacial score (nSPS) is 24.7. The molecule has 1 N–H and O–H groups in total. The smallest absolute Gasteiger partial charge is 0.259 e. The summed E-state index contributed by atoms with van der Waals surface area (Å²) in [5.41, 5.74) is 0.311. The topological polar surface area (TPSA) is 67.9 Å². The van der Waals surface area contributed by atoms with E-state index in [1.54, 1.807) is 30.0 Å². The van der Waals surface area contributed by atoms with Gasteiger partial charge in [-0.3, -0.25) is 9.59 Å². The Kier molecular flexibility index (Phi) is 3.91. The van der Waals surface area contributed by atoms with E-state index in [1.165, 1.54) is 14.2 Å². The highest BCUT2D eigenvalue weighted by molar-refractivity contribution is 8.01. The molecule has 0 aliphatic carbocycles. The van der Waals surface area contributed by atoms with E-state index in [0.717, 1.165) is 0 Å². The Morgan fingerprint density at radius 2 is 1.91 bits per heavy atom. The van der Waals surface area contributed by atoms with Crippen LogP contribution in [0.3, 0.4) is 0 Å². The Morgan fingerprint density at radius 3 is 2.48 bits per heavy atom. The van der Waals surface area contributed by atoms with Crippen LogP contribution in [-0.4, -0.2) is 53.6 Å². The lowest BCUT2D eigenvalue weighted by atomic mass is 10.0. The molecule has 2 atom stereocenters. The van der Waals surface area contributed by atoms with Gasteiger partial charge in [0.25, 0.3) is 5.91 Å². The molecule has 1 aromatic carbocycles. The number of fused-ring (bicyclic) bond motifs is 1. The number of thioether (sulfide) groups is 1. The van der Waals surface area contributed by atoms with Crippen molar-refractivity contribution in [3.8, 4) is 11.5 Å². The third kappa shape index (κ3) is 2.63. The molecular formula is C16H20N2O4S. The van der Waals surface area contributed by atoms with Gasteiger partial charge in [-0.15, -0.1) is 11.8 Å². The molecular weight excluding hydrogens is 316 g/mol. The van der Waals surface area contributed by atoms with E-state index in [0.29, 0.717) is 23.6 Å². The van der Waals surface area contributed by atoms with Gasteiger partial charge >= 0.3 is 0 Å². The SMILES string of the molecule is COc1cccc(OC)c1C(=O)N[C@@H]1C(=O)N2CC(C)(C)S[C@H]12. The fourth-order valence-electron chi connectivity index (χ4n) is 3.02. The number of rotatable bonds is 4. The predicted molar refractivity (Wildman–Crippen MR) is 88.0 cm³/mol. The van der Waals surface area contributed by atoms with Crippen molar-refractivity contribution in [1.29, 1.82) is 0 Å². The van der Waals surface area contributed by atoms with Crippen LogP contribution in [0.4, 0.5) is 0 Å². The van der Waals surface area contributed by atoms with E-state index in [1.807, 2.05) is 4.90 Å². The van der Waals surface area contributed by atoms with Crippen LogP contribution in [-0.2, 0) is 4.79 Å². The zero-order chi connectivity index (χ0) is 16.8. The summed E-state index contributed by atoms with van der Waals surface area (Å²) >= 11 is 1.71. The van der Waals surface area contributed by atoms with Crippen molar-refractivity contribution in [3.63, 3.8) is 0 Å². The Hall–Kier alpha value is -1.89. The molecule has 23 heavy (non-hydrogen) atoms. The molecule has 0 unspecified atom stereocenters. The summed E-state index contributed by atoms with van der Waals surface area (Å²) in [7, 11) is 2.99. The standard InChI is InChI=1S/C16H20N2O4S/c1-16(2)8-18-14(20)12(15(18)23-16)17-13(19)11-9(21-3)6-5-7-10(11)22-4/h5-7,12,15H,8H2,1-4H3,(H,17,19)/t12-,15-/m1/s1. The molecule has 2 fully saturated rings. The molecule has 0 radical (unpaired) electrons. The summed E-state index contributed by atoms with van der Waals surface area (Å²) < 4.78 is 10.5. The number of benzene rings is 1. The Bertz CT molecular complexity index is 639. The van der Waals surface area contributed by atoms with Crippen LogP contribution in [0.2, 0.25) is 0 Å². The molecule has 2 saturated heterocycles.